The molecule has 1 aromatic carbocycles. The minimum Gasteiger partial charge on any atom is -0.488 e. The minimum absolute atomic E-state index is 0.113. The van der Waals surface area contributed by atoms with Gasteiger partial charge in [0.05, 0.1) is 0 Å². The van der Waals surface area contributed by atoms with Gasteiger partial charge in [0.2, 0.25) is 0 Å². The molecule has 0 aromatic heterocycles. The molecule has 0 saturated carbocycles. The number of aliphatic hydroxyl groups excluding tert-OH is 1. The highest BCUT2D eigenvalue weighted by molar-refractivity contribution is 5.30. The van der Waals surface area contributed by atoms with E-state index in [0.717, 1.165) is 31.7 Å². The number of β-amino-alcohol motifs (C(OH)–C–C–N with tert-alkyl or cyclic N) is 1. The molecule has 0 amide bonds. The maximum Gasteiger partial charge on any atom is 0.165 e. The van der Waals surface area contributed by atoms with Crippen LogP contribution < -0.4 is 10.1 Å². The number of nitrogens with one attached hydrogen (secondary N) is 1. The number of rotatable bonds is 6. The number of nitrogens with zero attached hydrogens (tertiary/aromatic N) is 1. The Kier molecular flexibility index (Phi) is 5.96. The van der Waals surface area contributed by atoms with Crippen LogP contribution in [0.1, 0.15) is 25.3 Å². The van der Waals surface area contributed by atoms with Gasteiger partial charge in [0, 0.05) is 32.7 Å². The summed E-state index contributed by atoms with van der Waals surface area (Å²) < 4.78 is 19.3. The third kappa shape index (κ3) is 4.95. The molecule has 4 nitrogen and oxygen atoms in total. The standard InChI is InChI=1S/C16H25FN2O2/c1-12(2)13-3-4-16(15(17)9-13)21-11-14(20)10-19-7-5-18-6-8-19/h3-4,9,12,14,18,20H,5-8,10-11H2,1-2H3. The summed E-state index contributed by atoms with van der Waals surface area (Å²) in [6.07, 6.45) is -0.604. The number of piperazine rings is 1. The summed E-state index contributed by atoms with van der Waals surface area (Å²) in [5.41, 5.74) is 0.946. The Morgan fingerprint density at radius 2 is 2.05 bits per heavy atom. The third-order valence-electron chi connectivity index (χ3n) is 3.73. The van der Waals surface area contributed by atoms with E-state index < -0.39 is 6.10 Å². The zero-order valence-corrected chi connectivity index (χ0v) is 12.8. The highest BCUT2D eigenvalue weighted by Crippen LogP contribution is 2.23. The summed E-state index contributed by atoms with van der Waals surface area (Å²) in [7, 11) is 0. The van der Waals surface area contributed by atoms with Gasteiger partial charge in [0.15, 0.2) is 11.6 Å². The smallest absolute Gasteiger partial charge is 0.165 e. The lowest BCUT2D eigenvalue weighted by Crippen LogP contribution is -2.47. The van der Waals surface area contributed by atoms with E-state index in [1.54, 1.807) is 6.07 Å². The van der Waals surface area contributed by atoms with Crippen molar-refractivity contribution in [3.8, 4) is 5.75 Å². The van der Waals surface area contributed by atoms with Crippen LogP contribution in [0.25, 0.3) is 0 Å². The molecule has 2 N–H and O–H groups in total. The van der Waals surface area contributed by atoms with Gasteiger partial charge in [-0.15, -0.1) is 0 Å². The normalized spacial score (nSPS) is 18.0. The Bertz CT molecular complexity index is 448. The van der Waals surface area contributed by atoms with Gasteiger partial charge < -0.3 is 15.2 Å². The number of hydrogen-bond acceptors (Lipinski definition) is 4. The molecule has 0 radical (unpaired) electrons. The first-order chi connectivity index (χ1) is 10.1. The van der Waals surface area contributed by atoms with Crippen LogP contribution in [0.15, 0.2) is 18.2 Å². The van der Waals surface area contributed by atoms with Crippen LogP contribution in [0.5, 0.6) is 5.75 Å². The van der Waals surface area contributed by atoms with Gasteiger partial charge in [-0.2, -0.15) is 0 Å². The minimum atomic E-state index is -0.604. The fourth-order valence-electron chi connectivity index (χ4n) is 2.42. The van der Waals surface area contributed by atoms with Crippen LogP contribution in [0.3, 0.4) is 0 Å². The highest BCUT2D eigenvalue weighted by Gasteiger charge is 2.15. The average Bonchev–Trinajstić information content (AvgIpc) is 2.47. The second-order valence-electron chi connectivity index (χ2n) is 5.86. The van der Waals surface area contributed by atoms with E-state index in [-0.39, 0.29) is 24.1 Å². The topological polar surface area (TPSA) is 44.7 Å². The van der Waals surface area contributed by atoms with Gasteiger partial charge in [-0.05, 0) is 23.6 Å². The number of benzene rings is 1. The zero-order valence-electron chi connectivity index (χ0n) is 12.8. The van der Waals surface area contributed by atoms with Crippen molar-refractivity contribution in [3.05, 3.63) is 29.6 Å². The maximum atomic E-state index is 13.9. The molecule has 0 spiro atoms. The van der Waals surface area contributed by atoms with Crippen molar-refractivity contribution in [2.24, 2.45) is 0 Å². The Labute approximate surface area is 125 Å². The molecule has 1 aliphatic heterocycles. The Balaban J connectivity index is 1.81. The molecule has 0 aliphatic carbocycles. The summed E-state index contributed by atoms with van der Waals surface area (Å²) in [4.78, 5) is 2.18. The van der Waals surface area contributed by atoms with Crippen LogP contribution in [-0.2, 0) is 0 Å². The van der Waals surface area contributed by atoms with Gasteiger partial charge in [0.1, 0.15) is 12.7 Å². The van der Waals surface area contributed by atoms with Crippen molar-refractivity contribution in [2.75, 3.05) is 39.3 Å². The second kappa shape index (κ2) is 7.73. The number of ether oxygens (including phenoxy) is 1. The molecular weight excluding hydrogens is 271 g/mol. The molecule has 1 aliphatic rings. The van der Waals surface area contributed by atoms with E-state index in [9.17, 15) is 9.50 Å². The lowest BCUT2D eigenvalue weighted by Gasteiger charge is -2.29. The van der Waals surface area contributed by atoms with E-state index >= 15 is 0 Å². The molecular formula is C16H25FN2O2. The molecule has 1 heterocycles. The summed E-state index contributed by atoms with van der Waals surface area (Å²) in [5.74, 6) is 0.126. The van der Waals surface area contributed by atoms with E-state index in [0.29, 0.717) is 6.54 Å². The Morgan fingerprint density at radius 1 is 1.33 bits per heavy atom. The van der Waals surface area contributed by atoms with Gasteiger partial charge >= 0.3 is 0 Å². The number of hydrogen-bond donors (Lipinski definition) is 2. The summed E-state index contributed by atoms with van der Waals surface area (Å²) in [5, 5.41) is 13.3. The Hall–Kier alpha value is -1.17. The number of halogens is 1. The van der Waals surface area contributed by atoms with Gasteiger partial charge in [-0.1, -0.05) is 19.9 Å². The van der Waals surface area contributed by atoms with E-state index in [2.05, 4.69) is 10.2 Å². The van der Waals surface area contributed by atoms with Crippen LogP contribution in [-0.4, -0.2) is 55.4 Å². The van der Waals surface area contributed by atoms with Crippen LogP contribution >= 0.6 is 0 Å². The van der Waals surface area contributed by atoms with Crippen molar-refractivity contribution in [3.63, 3.8) is 0 Å². The molecule has 5 heteroatoms. The summed E-state index contributed by atoms with van der Waals surface area (Å²) in [6, 6.07) is 5.01. The lowest BCUT2D eigenvalue weighted by molar-refractivity contribution is 0.0628. The molecule has 0 bridgehead atoms. The fourth-order valence-corrected chi connectivity index (χ4v) is 2.42. The highest BCUT2D eigenvalue weighted by atomic mass is 19.1. The molecule has 1 atom stereocenters. The predicted octanol–water partition coefficient (Wildman–Crippen LogP) is 1.59. The van der Waals surface area contributed by atoms with Crippen LogP contribution in [0.4, 0.5) is 4.39 Å². The SMILES string of the molecule is CC(C)c1ccc(OCC(O)CN2CCNCC2)c(F)c1. The van der Waals surface area contributed by atoms with E-state index in [1.165, 1.54) is 6.07 Å². The van der Waals surface area contributed by atoms with Crippen molar-refractivity contribution in [1.82, 2.24) is 10.2 Å². The zero-order chi connectivity index (χ0) is 15.2. The summed E-state index contributed by atoms with van der Waals surface area (Å²) >= 11 is 0. The largest absolute Gasteiger partial charge is 0.488 e. The van der Waals surface area contributed by atoms with Crippen molar-refractivity contribution < 1.29 is 14.2 Å². The first-order valence-electron chi connectivity index (χ1n) is 7.59. The molecule has 21 heavy (non-hydrogen) atoms. The second-order valence-corrected chi connectivity index (χ2v) is 5.86. The Morgan fingerprint density at radius 3 is 2.67 bits per heavy atom. The molecule has 118 valence electrons. The molecule has 1 unspecified atom stereocenters. The molecule has 1 fully saturated rings. The first kappa shape index (κ1) is 16.2. The van der Waals surface area contributed by atoms with E-state index in [1.807, 2.05) is 19.9 Å². The lowest BCUT2D eigenvalue weighted by atomic mass is 10.0. The molecule has 1 aromatic rings. The van der Waals surface area contributed by atoms with Crippen LogP contribution in [0, 0.1) is 5.82 Å². The fraction of sp³-hybridized carbons (Fsp3) is 0.625. The quantitative estimate of drug-likeness (QED) is 0.837. The third-order valence-corrected chi connectivity index (χ3v) is 3.73. The van der Waals surface area contributed by atoms with E-state index in [4.69, 9.17) is 4.74 Å². The monoisotopic (exact) mass is 296 g/mol. The summed E-state index contributed by atoms with van der Waals surface area (Å²) in [6.45, 7) is 8.45. The van der Waals surface area contributed by atoms with Crippen LogP contribution in [0.2, 0.25) is 0 Å². The van der Waals surface area contributed by atoms with Crippen molar-refractivity contribution >= 4 is 0 Å². The number of aliphatic hydroxyl groups is 1. The van der Waals surface area contributed by atoms with Gasteiger partial charge in [-0.25, -0.2) is 4.39 Å². The molecule has 2 rings (SSSR count). The molecule has 1 saturated heterocycles. The van der Waals surface area contributed by atoms with Gasteiger partial charge in [-0.3, -0.25) is 4.90 Å². The average molecular weight is 296 g/mol. The van der Waals surface area contributed by atoms with Crippen molar-refractivity contribution in [1.29, 1.82) is 0 Å². The predicted molar refractivity (Wildman–Crippen MR) is 81.3 cm³/mol. The maximum absolute atomic E-state index is 13.9. The first-order valence-corrected chi connectivity index (χ1v) is 7.59. The van der Waals surface area contributed by atoms with Crippen molar-refractivity contribution in [2.45, 2.75) is 25.9 Å². The van der Waals surface area contributed by atoms with Gasteiger partial charge in [0.25, 0.3) is 0 Å².